The summed E-state index contributed by atoms with van der Waals surface area (Å²) in [6.45, 7) is 2.22. The van der Waals surface area contributed by atoms with Gasteiger partial charge in [-0.25, -0.2) is 0 Å². The number of hydrogen-bond acceptors (Lipinski definition) is 3. The number of nitrogens with zero attached hydrogens (tertiary/aromatic N) is 2. The lowest BCUT2D eigenvalue weighted by molar-refractivity contribution is 0.479. The van der Waals surface area contributed by atoms with Crippen molar-refractivity contribution in [3.05, 3.63) is 22.8 Å². The van der Waals surface area contributed by atoms with E-state index in [1.54, 1.807) is 0 Å². The van der Waals surface area contributed by atoms with Crippen LogP contribution >= 0.6 is 15.9 Å². The Morgan fingerprint density at radius 3 is 2.94 bits per heavy atom. The zero-order valence-electron chi connectivity index (χ0n) is 10.4. The summed E-state index contributed by atoms with van der Waals surface area (Å²) in [5.41, 5.74) is 2.34. The van der Waals surface area contributed by atoms with Crippen molar-refractivity contribution in [1.82, 2.24) is 15.1 Å². The van der Waals surface area contributed by atoms with E-state index in [4.69, 9.17) is 0 Å². The Kier molecular flexibility index (Phi) is 3.26. The highest BCUT2D eigenvalue weighted by Crippen LogP contribution is 2.26. The van der Waals surface area contributed by atoms with Crippen molar-refractivity contribution in [3.63, 3.8) is 0 Å². The number of piperidine rings is 1. The minimum Gasteiger partial charge on any atom is -0.382 e. The number of aryl methyl sites for hydroxylation is 1. The van der Waals surface area contributed by atoms with Gasteiger partial charge in [0.2, 0.25) is 0 Å². The summed E-state index contributed by atoms with van der Waals surface area (Å²) in [4.78, 5) is 0. The number of aromatic nitrogens is 2. The number of rotatable bonds is 2. The Morgan fingerprint density at radius 2 is 2.17 bits per heavy atom. The lowest BCUT2D eigenvalue weighted by atomic mass is 10.1. The molecule has 0 amide bonds. The van der Waals surface area contributed by atoms with Crippen molar-refractivity contribution in [2.24, 2.45) is 7.05 Å². The molecule has 0 unspecified atom stereocenters. The van der Waals surface area contributed by atoms with Crippen LogP contribution in [0.15, 0.2) is 22.8 Å². The fourth-order valence-electron chi connectivity index (χ4n) is 2.51. The van der Waals surface area contributed by atoms with Gasteiger partial charge in [-0.15, -0.1) is 0 Å². The van der Waals surface area contributed by atoms with Crippen LogP contribution in [0.2, 0.25) is 0 Å². The second-order valence-electron chi connectivity index (χ2n) is 4.81. The van der Waals surface area contributed by atoms with E-state index < -0.39 is 0 Å². The molecule has 3 rings (SSSR count). The molecule has 1 fully saturated rings. The van der Waals surface area contributed by atoms with Gasteiger partial charge in [0, 0.05) is 24.2 Å². The summed E-state index contributed by atoms with van der Waals surface area (Å²) < 4.78 is 2.82. The molecule has 0 spiro atoms. The molecule has 4 nitrogen and oxygen atoms in total. The number of fused-ring (bicyclic) bond motifs is 1. The van der Waals surface area contributed by atoms with Crippen molar-refractivity contribution >= 4 is 32.5 Å². The predicted octanol–water partition coefficient (Wildman–Crippen LogP) is 2.50. The third-order valence-corrected chi connectivity index (χ3v) is 4.10. The largest absolute Gasteiger partial charge is 0.382 e. The van der Waals surface area contributed by atoms with E-state index in [-0.39, 0.29) is 0 Å². The van der Waals surface area contributed by atoms with Gasteiger partial charge in [-0.3, -0.25) is 4.68 Å². The highest BCUT2D eigenvalue weighted by atomic mass is 79.9. The SMILES string of the molecule is Cn1nc(Br)c2ccc(NC3CCNCC3)cc21. The fourth-order valence-corrected chi connectivity index (χ4v) is 3.08. The first-order valence-corrected chi connectivity index (χ1v) is 7.13. The van der Waals surface area contributed by atoms with Crippen LogP contribution in [-0.2, 0) is 7.05 Å². The van der Waals surface area contributed by atoms with E-state index in [1.165, 1.54) is 18.5 Å². The normalized spacial score (nSPS) is 17.2. The lowest BCUT2D eigenvalue weighted by Crippen LogP contribution is -2.35. The molecule has 2 aromatic rings. The van der Waals surface area contributed by atoms with Crippen LogP contribution in [0.3, 0.4) is 0 Å². The first-order valence-electron chi connectivity index (χ1n) is 6.33. The van der Waals surface area contributed by atoms with Gasteiger partial charge in [-0.2, -0.15) is 5.10 Å². The second kappa shape index (κ2) is 4.90. The molecule has 1 aromatic carbocycles. The molecule has 1 saturated heterocycles. The molecule has 2 heterocycles. The van der Waals surface area contributed by atoms with Crippen LogP contribution in [0.5, 0.6) is 0 Å². The lowest BCUT2D eigenvalue weighted by Gasteiger charge is -2.24. The van der Waals surface area contributed by atoms with Crippen LogP contribution < -0.4 is 10.6 Å². The molecule has 5 heteroatoms. The molecular formula is C13H17BrN4. The number of anilines is 1. The molecule has 0 saturated carbocycles. The highest BCUT2D eigenvalue weighted by Gasteiger charge is 2.13. The Morgan fingerprint density at radius 1 is 1.39 bits per heavy atom. The van der Waals surface area contributed by atoms with E-state index in [1.807, 2.05) is 11.7 Å². The zero-order valence-corrected chi connectivity index (χ0v) is 12.0. The molecule has 18 heavy (non-hydrogen) atoms. The minimum absolute atomic E-state index is 0.584. The minimum atomic E-state index is 0.584. The first-order chi connectivity index (χ1) is 8.74. The third-order valence-electron chi connectivity index (χ3n) is 3.52. The van der Waals surface area contributed by atoms with Gasteiger partial charge in [0.15, 0.2) is 0 Å². The average Bonchev–Trinajstić information content (AvgIpc) is 2.66. The standard InChI is InChI=1S/C13H17BrN4/c1-18-12-8-10(2-3-11(12)13(14)17-18)16-9-4-6-15-7-5-9/h2-3,8-9,15-16H,4-7H2,1H3. The van der Waals surface area contributed by atoms with Crippen LogP contribution in [-0.4, -0.2) is 28.9 Å². The number of benzene rings is 1. The van der Waals surface area contributed by atoms with Gasteiger partial charge in [0.1, 0.15) is 4.60 Å². The summed E-state index contributed by atoms with van der Waals surface area (Å²) >= 11 is 3.48. The van der Waals surface area contributed by atoms with E-state index in [2.05, 4.69) is 49.9 Å². The van der Waals surface area contributed by atoms with Crippen LogP contribution in [0, 0.1) is 0 Å². The predicted molar refractivity (Wildman–Crippen MR) is 77.9 cm³/mol. The Bertz CT molecular complexity index is 557. The summed E-state index contributed by atoms with van der Waals surface area (Å²) in [5.74, 6) is 0. The second-order valence-corrected chi connectivity index (χ2v) is 5.57. The van der Waals surface area contributed by atoms with Gasteiger partial charge in [0.05, 0.1) is 5.52 Å². The number of nitrogens with one attached hydrogen (secondary N) is 2. The van der Waals surface area contributed by atoms with Gasteiger partial charge >= 0.3 is 0 Å². The monoisotopic (exact) mass is 308 g/mol. The van der Waals surface area contributed by atoms with Crippen LogP contribution in [0.1, 0.15) is 12.8 Å². The zero-order chi connectivity index (χ0) is 12.5. The average molecular weight is 309 g/mol. The summed E-state index contributed by atoms with van der Waals surface area (Å²) in [6.07, 6.45) is 2.38. The van der Waals surface area contributed by atoms with E-state index in [9.17, 15) is 0 Å². The van der Waals surface area contributed by atoms with Gasteiger partial charge in [-0.05, 0) is 60.1 Å². The Hall–Kier alpha value is -1.07. The molecule has 2 N–H and O–H groups in total. The van der Waals surface area contributed by atoms with Crippen molar-refractivity contribution in [2.45, 2.75) is 18.9 Å². The van der Waals surface area contributed by atoms with Gasteiger partial charge in [0.25, 0.3) is 0 Å². The number of hydrogen-bond donors (Lipinski definition) is 2. The Labute approximate surface area is 115 Å². The van der Waals surface area contributed by atoms with Gasteiger partial charge < -0.3 is 10.6 Å². The van der Waals surface area contributed by atoms with E-state index in [0.29, 0.717) is 6.04 Å². The highest BCUT2D eigenvalue weighted by molar-refractivity contribution is 9.10. The molecule has 1 aliphatic heterocycles. The van der Waals surface area contributed by atoms with Gasteiger partial charge in [-0.1, -0.05) is 0 Å². The van der Waals surface area contributed by atoms with Crippen molar-refractivity contribution in [1.29, 1.82) is 0 Å². The number of halogens is 1. The third kappa shape index (κ3) is 2.24. The van der Waals surface area contributed by atoms with Crippen molar-refractivity contribution in [2.75, 3.05) is 18.4 Å². The molecule has 0 bridgehead atoms. The summed E-state index contributed by atoms with van der Waals surface area (Å²) in [7, 11) is 1.97. The Balaban J connectivity index is 1.86. The maximum absolute atomic E-state index is 4.37. The smallest absolute Gasteiger partial charge is 0.135 e. The maximum Gasteiger partial charge on any atom is 0.135 e. The molecule has 0 radical (unpaired) electrons. The summed E-state index contributed by atoms with van der Waals surface area (Å²) in [5, 5.41) is 12.5. The molecule has 0 atom stereocenters. The quantitative estimate of drug-likeness (QED) is 0.896. The summed E-state index contributed by atoms with van der Waals surface area (Å²) in [6, 6.07) is 7.02. The fraction of sp³-hybridized carbons (Fsp3) is 0.462. The maximum atomic E-state index is 4.37. The molecular weight excluding hydrogens is 292 g/mol. The van der Waals surface area contributed by atoms with E-state index >= 15 is 0 Å². The molecule has 1 aliphatic rings. The van der Waals surface area contributed by atoms with Crippen LogP contribution in [0.25, 0.3) is 10.9 Å². The molecule has 1 aromatic heterocycles. The molecule has 96 valence electrons. The molecule has 0 aliphatic carbocycles. The van der Waals surface area contributed by atoms with Crippen molar-refractivity contribution < 1.29 is 0 Å². The van der Waals surface area contributed by atoms with E-state index in [0.717, 1.165) is 28.6 Å². The topological polar surface area (TPSA) is 41.9 Å². The van der Waals surface area contributed by atoms with Crippen molar-refractivity contribution in [3.8, 4) is 0 Å². The first kappa shape index (κ1) is 12.0. The van der Waals surface area contributed by atoms with Crippen LogP contribution in [0.4, 0.5) is 5.69 Å².